The number of carbonyl (C=O) groups is 1. The summed E-state index contributed by atoms with van der Waals surface area (Å²) in [6.45, 7) is -0.563. The smallest absolute Gasteiger partial charge is 0.362 e. The number of benzene rings is 1. The van der Waals surface area contributed by atoms with Crippen molar-refractivity contribution in [2.24, 2.45) is 0 Å². The molecule has 22 heavy (non-hydrogen) atoms. The summed E-state index contributed by atoms with van der Waals surface area (Å²) < 4.78 is 40.7. The first-order valence-electron chi connectivity index (χ1n) is 6.77. The van der Waals surface area contributed by atoms with Gasteiger partial charge in [0, 0.05) is 24.7 Å². The second-order valence-electron chi connectivity index (χ2n) is 4.94. The molecule has 0 bridgehead atoms. The maximum Gasteiger partial charge on any atom is 0.411 e. The van der Waals surface area contributed by atoms with Gasteiger partial charge in [-0.05, 0) is 11.6 Å². The SMILES string of the molecule is O=C(COCC(F)(F)F)N1CCNCC1c1ccccc1Cl. The normalized spacial score (nSPS) is 19.3. The summed E-state index contributed by atoms with van der Waals surface area (Å²) in [6.07, 6.45) is -4.44. The number of hydrogen-bond donors (Lipinski definition) is 1. The topological polar surface area (TPSA) is 41.6 Å². The number of alkyl halides is 3. The number of carbonyl (C=O) groups excluding carboxylic acids is 1. The van der Waals surface area contributed by atoms with Crippen LogP contribution in [-0.2, 0) is 9.53 Å². The van der Waals surface area contributed by atoms with Gasteiger partial charge >= 0.3 is 6.18 Å². The van der Waals surface area contributed by atoms with Gasteiger partial charge in [-0.3, -0.25) is 4.79 Å². The molecule has 0 saturated carbocycles. The fraction of sp³-hybridized carbons (Fsp3) is 0.500. The van der Waals surface area contributed by atoms with E-state index in [1.54, 1.807) is 24.3 Å². The summed E-state index contributed by atoms with van der Waals surface area (Å²) >= 11 is 6.15. The highest BCUT2D eigenvalue weighted by Gasteiger charge is 2.31. The standard InChI is InChI=1S/C14H16ClF3N2O2/c15-11-4-2-1-3-10(11)12-7-19-5-6-20(12)13(21)8-22-9-14(16,17)18/h1-4,12,19H,5-9H2. The van der Waals surface area contributed by atoms with E-state index < -0.39 is 25.3 Å². The highest BCUT2D eigenvalue weighted by atomic mass is 35.5. The maximum absolute atomic E-state index is 12.1. The molecule has 0 aromatic heterocycles. The van der Waals surface area contributed by atoms with Crippen LogP contribution in [0.5, 0.6) is 0 Å². The second-order valence-corrected chi connectivity index (χ2v) is 5.34. The summed E-state index contributed by atoms with van der Waals surface area (Å²) in [5.74, 6) is -0.476. The summed E-state index contributed by atoms with van der Waals surface area (Å²) in [6, 6.07) is 6.79. The van der Waals surface area contributed by atoms with Gasteiger partial charge in [-0.1, -0.05) is 29.8 Å². The van der Waals surface area contributed by atoms with Crippen molar-refractivity contribution >= 4 is 17.5 Å². The molecular formula is C14H16ClF3N2O2. The molecule has 1 amide bonds. The van der Waals surface area contributed by atoms with Gasteiger partial charge in [-0.25, -0.2) is 0 Å². The van der Waals surface area contributed by atoms with Crippen molar-refractivity contribution in [1.82, 2.24) is 10.2 Å². The van der Waals surface area contributed by atoms with Crippen LogP contribution < -0.4 is 5.32 Å². The van der Waals surface area contributed by atoms with Crippen LogP contribution in [-0.4, -0.2) is 49.8 Å². The van der Waals surface area contributed by atoms with Crippen molar-refractivity contribution in [3.8, 4) is 0 Å². The van der Waals surface area contributed by atoms with Crippen molar-refractivity contribution < 1.29 is 22.7 Å². The summed E-state index contributed by atoms with van der Waals surface area (Å²) in [7, 11) is 0. The predicted molar refractivity (Wildman–Crippen MR) is 75.6 cm³/mol. The van der Waals surface area contributed by atoms with Crippen LogP contribution in [0.4, 0.5) is 13.2 Å². The van der Waals surface area contributed by atoms with E-state index in [0.717, 1.165) is 5.56 Å². The summed E-state index contributed by atoms with van der Waals surface area (Å²) in [5, 5.41) is 3.67. The molecule has 1 aromatic rings. The molecule has 8 heteroatoms. The average molecular weight is 337 g/mol. The van der Waals surface area contributed by atoms with E-state index in [0.29, 0.717) is 24.7 Å². The van der Waals surface area contributed by atoms with Crippen LogP contribution in [0, 0.1) is 0 Å². The van der Waals surface area contributed by atoms with Crippen molar-refractivity contribution in [1.29, 1.82) is 0 Å². The first-order chi connectivity index (χ1) is 10.4. The molecule has 0 aliphatic carbocycles. The lowest BCUT2D eigenvalue weighted by Crippen LogP contribution is -2.50. The molecule has 1 unspecified atom stereocenters. The Morgan fingerprint density at radius 2 is 2.14 bits per heavy atom. The lowest BCUT2D eigenvalue weighted by Gasteiger charge is -2.37. The molecule has 1 saturated heterocycles. The molecule has 1 aromatic carbocycles. The third kappa shape index (κ3) is 4.59. The Labute approximate surface area is 131 Å². The van der Waals surface area contributed by atoms with E-state index >= 15 is 0 Å². The molecule has 1 fully saturated rings. The Balaban J connectivity index is 2.03. The number of hydrogen-bond acceptors (Lipinski definition) is 3. The van der Waals surface area contributed by atoms with Crippen LogP contribution in [0.1, 0.15) is 11.6 Å². The molecular weight excluding hydrogens is 321 g/mol. The first-order valence-corrected chi connectivity index (χ1v) is 7.15. The molecule has 1 atom stereocenters. The third-order valence-corrected chi connectivity index (χ3v) is 3.66. The largest absolute Gasteiger partial charge is 0.411 e. The Hall–Kier alpha value is -1.31. The number of amides is 1. The highest BCUT2D eigenvalue weighted by Crippen LogP contribution is 2.28. The Morgan fingerprint density at radius 1 is 1.41 bits per heavy atom. The molecule has 122 valence electrons. The number of nitrogens with one attached hydrogen (secondary N) is 1. The van der Waals surface area contributed by atoms with Crippen LogP contribution in [0.2, 0.25) is 5.02 Å². The zero-order chi connectivity index (χ0) is 16.2. The van der Waals surface area contributed by atoms with Gasteiger partial charge in [0.1, 0.15) is 13.2 Å². The number of halogens is 4. The van der Waals surface area contributed by atoms with Gasteiger partial charge in [0.2, 0.25) is 5.91 Å². The van der Waals surface area contributed by atoms with Crippen LogP contribution >= 0.6 is 11.6 Å². The van der Waals surface area contributed by atoms with Gasteiger partial charge in [-0.15, -0.1) is 0 Å². The molecule has 2 rings (SSSR count). The van der Waals surface area contributed by atoms with E-state index in [1.165, 1.54) is 4.90 Å². The summed E-state index contributed by atoms with van der Waals surface area (Å²) in [5.41, 5.74) is 0.764. The van der Waals surface area contributed by atoms with E-state index in [2.05, 4.69) is 10.1 Å². The van der Waals surface area contributed by atoms with E-state index in [4.69, 9.17) is 11.6 Å². The van der Waals surface area contributed by atoms with Crippen molar-refractivity contribution in [3.63, 3.8) is 0 Å². The van der Waals surface area contributed by atoms with Crippen molar-refractivity contribution in [2.45, 2.75) is 12.2 Å². The molecule has 0 radical (unpaired) electrons. The maximum atomic E-state index is 12.1. The lowest BCUT2D eigenvalue weighted by molar-refractivity contribution is -0.178. The molecule has 1 aliphatic rings. The highest BCUT2D eigenvalue weighted by molar-refractivity contribution is 6.31. The van der Waals surface area contributed by atoms with Crippen molar-refractivity contribution in [2.75, 3.05) is 32.8 Å². The van der Waals surface area contributed by atoms with Gasteiger partial charge < -0.3 is 15.0 Å². The van der Waals surface area contributed by atoms with Gasteiger partial charge in [0.25, 0.3) is 0 Å². The zero-order valence-corrected chi connectivity index (χ0v) is 12.5. The molecule has 1 heterocycles. The third-order valence-electron chi connectivity index (χ3n) is 3.32. The minimum absolute atomic E-state index is 0.315. The Morgan fingerprint density at radius 3 is 2.82 bits per heavy atom. The van der Waals surface area contributed by atoms with E-state index in [-0.39, 0.29) is 6.04 Å². The lowest BCUT2D eigenvalue weighted by atomic mass is 10.0. The Bertz CT molecular complexity index is 525. The minimum Gasteiger partial charge on any atom is -0.362 e. The van der Waals surface area contributed by atoms with E-state index in [9.17, 15) is 18.0 Å². The second kappa shape index (κ2) is 7.30. The van der Waals surface area contributed by atoms with Crippen LogP contribution in [0.25, 0.3) is 0 Å². The van der Waals surface area contributed by atoms with Crippen LogP contribution in [0.3, 0.4) is 0 Å². The van der Waals surface area contributed by atoms with Crippen molar-refractivity contribution in [3.05, 3.63) is 34.9 Å². The van der Waals surface area contributed by atoms with Gasteiger partial charge in [-0.2, -0.15) is 13.2 Å². The average Bonchev–Trinajstić information content (AvgIpc) is 2.46. The fourth-order valence-electron chi connectivity index (χ4n) is 2.36. The number of nitrogens with zero attached hydrogens (tertiary/aromatic N) is 1. The number of rotatable bonds is 4. The number of ether oxygens (including phenoxy) is 1. The fourth-order valence-corrected chi connectivity index (χ4v) is 2.62. The monoisotopic (exact) mass is 336 g/mol. The quantitative estimate of drug-likeness (QED) is 0.918. The van der Waals surface area contributed by atoms with Gasteiger partial charge in [0.05, 0.1) is 6.04 Å². The van der Waals surface area contributed by atoms with E-state index in [1.807, 2.05) is 0 Å². The first kappa shape index (κ1) is 17.1. The molecule has 4 nitrogen and oxygen atoms in total. The zero-order valence-electron chi connectivity index (χ0n) is 11.7. The van der Waals surface area contributed by atoms with Crippen LogP contribution in [0.15, 0.2) is 24.3 Å². The van der Waals surface area contributed by atoms with Gasteiger partial charge in [0.15, 0.2) is 0 Å². The molecule has 0 spiro atoms. The minimum atomic E-state index is -4.44. The molecule has 1 N–H and O–H groups in total. The predicted octanol–water partition coefficient (Wildman–Crippen LogP) is 2.39. The Kier molecular flexibility index (Phi) is 5.66. The molecule has 1 aliphatic heterocycles. The number of piperazine rings is 1. The summed E-state index contributed by atoms with van der Waals surface area (Å²) in [4.78, 5) is 13.6.